The topological polar surface area (TPSA) is 63.3 Å². The van der Waals surface area contributed by atoms with E-state index in [1.807, 2.05) is 0 Å². The van der Waals surface area contributed by atoms with E-state index < -0.39 is 18.1 Å². The molecule has 1 rings (SSSR count). The molecule has 2 unspecified atom stereocenters. The minimum atomic E-state index is -3.92. The molecule has 0 aliphatic rings. The zero-order chi connectivity index (χ0) is 12.2. The molecule has 0 fully saturated rings. The summed E-state index contributed by atoms with van der Waals surface area (Å²) >= 11 is 0. The summed E-state index contributed by atoms with van der Waals surface area (Å²) in [6.45, 7) is 0. The van der Waals surface area contributed by atoms with Gasteiger partial charge in [-0.3, -0.25) is 4.79 Å². The fraction of sp³-hybridized carbons (Fsp3) is 0.364. The van der Waals surface area contributed by atoms with Crippen molar-refractivity contribution in [3.63, 3.8) is 0 Å². The van der Waals surface area contributed by atoms with Crippen LogP contribution in [0.15, 0.2) is 30.3 Å². The lowest BCUT2D eigenvalue weighted by Gasteiger charge is -2.22. The minimum Gasteiger partial charge on any atom is -0.385 e. The summed E-state index contributed by atoms with van der Waals surface area (Å²) in [6, 6.07) is 7.44. The van der Waals surface area contributed by atoms with Crippen LogP contribution in [0.4, 0.5) is 8.78 Å². The monoisotopic (exact) mass is 228 g/mol. The molecule has 0 spiro atoms. The van der Waals surface area contributed by atoms with Gasteiger partial charge in [-0.05, 0) is 12.0 Å². The van der Waals surface area contributed by atoms with Crippen molar-refractivity contribution in [2.75, 3.05) is 0 Å². The predicted octanol–water partition coefficient (Wildman–Crippen LogP) is 0.662. The summed E-state index contributed by atoms with van der Waals surface area (Å²) in [5.74, 6) is -3.92. The van der Waals surface area contributed by atoms with E-state index in [-0.39, 0.29) is 6.42 Å². The van der Waals surface area contributed by atoms with Crippen molar-refractivity contribution in [3.05, 3.63) is 35.9 Å². The molecule has 3 N–H and O–H groups in total. The molecule has 0 saturated heterocycles. The van der Waals surface area contributed by atoms with Crippen LogP contribution in [-0.4, -0.2) is 29.5 Å². The average molecular weight is 228 g/mol. The van der Waals surface area contributed by atoms with Crippen molar-refractivity contribution in [2.45, 2.75) is 24.5 Å². The Labute approximate surface area is 91.9 Å². The Morgan fingerprint density at radius 1 is 1.38 bits per heavy atom. The number of nitrogens with two attached hydrogens (primary N) is 1. The van der Waals surface area contributed by atoms with Crippen LogP contribution in [0, 0.1) is 0 Å². The lowest BCUT2D eigenvalue weighted by atomic mass is 9.99. The average Bonchev–Trinajstić information content (AvgIpc) is 2.29. The van der Waals surface area contributed by atoms with Gasteiger partial charge in [-0.2, -0.15) is 8.78 Å². The number of alkyl halides is 2. The third kappa shape index (κ3) is 3.08. The van der Waals surface area contributed by atoms with Crippen LogP contribution in [0.25, 0.3) is 0 Å². The van der Waals surface area contributed by atoms with Crippen molar-refractivity contribution < 1.29 is 18.7 Å². The Morgan fingerprint density at radius 3 is 2.44 bits per heavy atom. The number of hydrogen-bond donors (Lipinski definition) is 2. The summed E-state index contributed by atoms with van der Waals surface area (Å²) in [6.07, 6.45) is -1.65. The summed E-state index contributed by atoms with van der Waals surface area (Å²) in [5.41, 5.74) is 6.12. The molecule has 1 radical (unpaired) electrons. The smallest absolute Gasteiger partial charge is 0.339 e. The second-order valence-electron chi connectivity index (χ2n) is 3.52. The molecule has 2 atom stereocenters. The first-order valence-corrected chi connectivity index (χ1v) is 4.72. The Bertz CT molecular complexity index is 343. The SMILES string of the molecule is NC(Cc1ccccc1)C(O)C(F)(F)[C]=O. The van der Waals surface area contributed by atoms with Crippen LogP contribution in [-0.2, 0) is 11.2 Å². The van der Waals surface area contributed by atoms with Gasteiger partial charge in [-0.25, -0.2) is 0 Å². The summed E-state index contributed by atoms with van der Waals surface area (Å²) in [5, 5.41) is 9.17. The molecular weight excluding hydrogens is 216 g/mol. The van der Waals surface area contributed by atoms with Crippen LogP contribution in [0.1, 0.15) is 5.56 Å². The molecule has 87 valence electrons. The maximum atomic E-state index is 12.7. The Hall–Kier alpha value is -1.33. The number of aliphatic hydroxyl groups is 1. The van der Waals surface area contributed by atoms with Gasteiger partial charge >= 0.3 is 5.92 Å². The standard InChI is InChI=1S/C11H12F2NO2/c12-11(13,7-15)10(16)9(14)6-8-4-2-1-3-5-8/h1-5,9-10,16H,6,14H2. The second-order valence-corrected chi connectivity index (χ2v) is 3.52. The summed E-state index contributed by atoms with van der Waals surface area (Å²) in [4.78, 5) is 9.93. The van der Waals surface area contributed by atoms with Gasteiger partial charge in [0.2, 0.25) is 0 Å². The number of carbonyl (C=O) groups excluding carboxylic acids is 1. The lowest BCUT2D eigenvalue weighted by molar-refractivity contribution is -0.0653. The largest absolute Gasteiger partial charge is 0.385 e. The fourth-order valence-corrected chi connectivity index (χ4v) is 1.33. The number of hydrogen-bond acceptors (Lipinski definition) is 3. The van der Waals surface area contributed by atoms with Gasteiger partial charge in [-0.1, -0.05) is 30.3 Å². The Morgan fingerprint density at radius 2 is 1.94 bits per heavy atom. The number of benzene rings is 1. The van der Waals surface area contributed by atoms with Gasteiger partial charge < -0.3 is 10.8 Å². The summed E-state index contributed by atoms with van der Waals surface area (Å²) in [7, 11) is 0. The molecule has 1 aromatic carbocycles. The molecule has 0 aromatic heterocycles. The van der Waals surface area contributed by atoms with Crippen LogP contribution in [0.2, 0.25) is 0 Å². The first-order valence-electron chi connectivity index (χ1n) is 4.72. The molecule has 16 heavy (non-hydrogen) atoms. The van der Waals surface area contributed by atoms with E-state index in [2.05, 4.69) is 0 Å². The molecule has 1 aromatic rings. The second kappa shape index (κ2) is 5.14. The van der Waals surface area contributed by atoms with Crippen molar-refractivity contribution in [1.29, 1.82) is 0 Å². The van der Waals surface area contributed by atoms with Crippen molar-refractivity contribution in [3.8, 4) is 0 Å². The van der Waals surface area contributed by atoms with E-state index in [4.69, 9.17) is 10.8 Å². The normalized spacial score (nSPS) is 15.5. The molecule has 0 heterocycles. The Balaban J connectivity index is 2.66. The summed E-state index contributed by atoms with van der Waals surface area (Å²) < 4.78 is 25.5. The quantitative estimate of drug-likeness (QED) is 0.778. The predicted molar refractivity (Wildman–Crippen MR) is 54.8 cm³/mol. The molecule has 5 heteroatoms. The highest BCUT2D eigenvalue weighted by Crippen LogP contribution is 2.19. The van der Waals surface area contributed by atoms with Crippen LogP contribution in [0.5, 0.6) is 0 Å². The van der Waals surface area contributed by atoms with E-state index in [1.54, 1.807) is 30.3 Å². The van der Waals surface area contributed by atoms with Gasteiger partial charge in [0.1, 0.15) is 6.10 Å². The number of halogens is 2. The minimum absolute atomic E-state index is 0.0687. The molecule has 0 saturated carbocycles. The van der Waals surface area contributed by atoms with Crippen molar-refractivity contribution in [2.24, 2.45) is 5.73 Å². The number of aliphatic hydroxyl groups excluding tert-OH is 1. The molecule has 0 bridgehead atoms. The molecule has 0 aliphatic carbocycles. The van der Waals surface area contributed by atoms with Gasteiger partial charge in [0.15, 0.2) is 0 Å². The molecule has 0 amide bonds. The Kier molecular flexibility index (Phi) is 4.09. The third-order valence-electron chi connectivity index (χ3n) is 2.23. The van der Waals surface area contributed by atoms with Crippen molar-refractivity contribution in [1.82, 2.24) is 0 Å². The van der Waals surface area contributed by atoms with E-state index in [0.29, 0.717) is 6.29 Å². The first-order chi connectivity index (χ1) is 7.47. The van der Waals surface area contributed by atoms with Gasteiger partial charge in [0.05, 0.1) is 0 Å². The fourth-order valence-electron chi connectivity index (χ4n) is 1.33. The number of rotatable bonds is 5. The molecular formula is C11H12F2NO2. The van der Waals surface area contributed by atoms with Crippen LogP contribution < -0.4 is 5.73 Å². The van der Waals surface area contributed by atoms with Crippen molar-refractivity contribution >= 4 is 6.29 Å². The zero-order valence-electron chi connectivity index (χ0n) is 8.44. The first kappa shape index (κ1) is 12.7. The maximum Gasteiger partial charge on any atom is 0.339 e. The van der Waals surface area contributed by atoms with E-state index >= 15 is 0 Å². The highest BCUT2D eigenvalue weighted by Gasteiger charge is 2.42. The third-order valence-corrected chi connectivity index (χ3v) is 2.23. The van der Waals surface area contributed by atoms with E-state index in [9.17, 15) is 13.6 Å². The highest BCUT2D eigenvalue weighted by molar-refractivity contribution is 5.61. The molecule has 3 nitrogen and oxygen atoms in total. The van der Waals surface area contributed by atoms with E-state index in [0.717, 1.165) is 5.56 Å². The zero-order valence-corrected chi connectivity index (χ0v) is 8.44. The highest BCUT2D eigenvalue weighted by atomic mass is 19.3. The molecule has 0 aliphatic heterocycles. The van der Waals surface area contributed by atoms with Gasteiger partial charge in [0, 0.05) is 6.04 Å². The van der Waals surface area contributed by atoms with Crippen LogP contribution in [0.3, 0.4) is 0 Å². The van der Waals surface area contributed by atoms with Gasteiger partial charge in [0.25, 0.3) is 6.29 Å². The van der Waals surface area contributed by atoms with Gasteiger partial charge in [-0.15, -0.1) is 0 Å². The van der Waals surface area contributed by atoms with Crippen LogP contribution >= 0.6 is 0 Å². The lowest BCUT2D eigenvalue weighted by Crippen LogP contribution is -2.49. The van der Waals surface area contributed by atoms with E-state index in [1.165, 1.54) is 0 Å². The maximum absolute atomic E-state index is 12.7.